The van der Waals surface area contributed by atoms with Crippen molar-refractivity contribution < 1.29 is 19.1 Å². The Bertz CT molecular complexity index is 1180. The smallest absolute Gasteiger partial charge is 0.321 e. The number of nitrogens with zero attached hydrogens (tertiary/aromatic N) is 3. The summed E-state index contributed by atoms with van der Waals surface area (Å²) < 4.78 is 10.6. The molecule has 2 N–H and O–H groups in total. The molecule has 3 amide bonds. The summed E-state index contributed by atoms with van der Waals surface area (Å²) >= 11 is 1.27. The van der Waals surface area contributed by atoms with E-state index in [1.807, 2.05) is 31.2 Å². The maximum Gasteiger partial charge on any atom is 0.321 e. The van der Waals surface area contributed by atoms with Gasteiger partial charge in [-0.3, -0.25) is 4.79 Å². The molecule has 4 rings (SSSR count). The second kappa shape index (κ2) is 10.5. The van der Waals surface area contributed by atoms with Crippen molar-refractivity contribution >= 4 is 34.6 Å². The first-order valence-electron chi connectivity index (χ1n) is 11.0. The molecule has 10 heteroatoms. The number of piperidine rings is 1. The standard InChI is InChI=1S/C24H27N5O4S/c1-15-7-4-5-9-18(15)25-21(30)23-28-27-22(34-23)16-8-6-12-29(14-16)24(31)26-19-11-10-17(32-2)13-20(19)33-3/h4-5,7,9-11,13,16H,6,8,12,14H2,1-3H3,(H,25,30)(H,26,31)/t16-/m0/s1. The van der Waals surface area contributed by atoms with Gasteiger partial charge in [0.25, 0.3) is 5.91 Å². The molecule has 1 aliphatic heterocycles. The van der Waals surface area contributed by atoms with Crippen LogP contribution in [-0.2, 0) is 0 Å². The minimum Gasteiger partial charge on any atom is -0.497 e. The second-order valence-corrected chi connectivity index (χ2v) is 9.01. The number of anilines is 2. The summed E-state index contributed by atoms with van der Waals surface area (Å²) in [6.07, 6.45) is 1.71. The molecule has 3 aromatic rings. The molecular weight excluding hydrogens is 454 g/mol. The van der Waals surface area contributed by atoms with Gasteiger partial charge in [-0.1, -0.05) is 29.5 Å². The maximum absolute atomic E-state index is 12.9. The van der Waals surface area contributed by atoms with Crippen molar-refractivity contribution in [3.05, 3.63) is 58.0 Å². The quantitative estimate of drug-likeness (QED) is 0.536. The molecule has 1 aliphatic rings. The number of hydrogen-bond donors (Lipinski definition) is 2. The van der Waals surface area contributed by atoms with Crippen molar-refractivity contribution in [2.24, 2.45) is 0 Å². The molecule has 0 unspecified atom stereocenters. The van der Waals surface area contributed by atoms with Gasteiger partial charge in [-0.25, -0.2) is 4.79 Å². The van der Waals surface area contributed by atoms with Crippen LogP contribution in [0.15, 0.2) is 42.5 Å². The number of ether oxygens (including phenoxy) is 2. The van der Waals surface area contributed by atoms with Crippen molar-refractivity contribution in [1.82, 2.24) is 15.1 Å². The number of aryl methyl sites for hydroxylation is 1. The van der Waals surface area contributed by atoms with Gasteiger partial charge >= 0.3 is 6.03 Å². The van der Waals surface area contributed by atoms with E-state index in [1.54, 1.807) is 37.3 Å². The Morgan fingerprint density at radius 3 is 2.65 bits per heavy atom. The summed E-state index contributed by atoms with van der Waals surface area (Å²) in [5.74, 6) is 0.908. The van der Waals surface area contributed by atoms with Gasteiger partial charge in [0.15, 0.2) is 0 Å². The van der Waals surface area contributed by atoms with E-state index >= 15 is 0 Å². The lowest BCUT2D eigenvalue weighted by Crippen LogP contribution is -2.41. The predicted molar refractivity (Wildman–Crippen MR) is 131 cm³/mol. The first kappa shape index (κ1) is 23.5. The molecule has 178 valence electrons. The number of rotatable bonds is 6. The summed E-state index contributed by atoms with van der Waals surface area (Å²) in [6, 6.07) is 12.6. The average molecular weight is 482 g/mol. The fraction of sp³-hybridized carbons (Fsp3) is 0.333. The summed E-state index contributed by atoms with van der Waals surface area (Å²) in [5.41, 5.74) is 2.29. The molecule has 0 radical (unpaired) electrons. The van der Waals surface area contributed by atoms with Gasteiger partial charge in [0.2, 0.25) is 5.01 Å². The number of urea groups is 1. The highest BCUT2D eigenvalue weighted by Crippen LogP contribution is 2.32. The van der Waals surface area contributed by atoms with E-state index in [0.29, 0.717) is 35.3 Å². The molecule has 34 heavy (non-hydrogen) atoms. The van der Waals surface area contributed by atoms with Crippen molar-refractivity contribution in [3.8, 4) is 11.5 Å². The van der Waals surface area contributed by atoms with Crippen LogP contribution in [0.3, 0.4) is 0 Å². The summed E-state index contributed by atoms with van der Waals surface area (Å²) in [6.45, 7) is 3.07. The van der Waals surface area contributed by atoms with E-state index in [-0.39, 0.29) is 17.9 Å². The lowest BCUT2D eigenvalue weighted by atomic mass is 9.99. The van der Waals surface area contributed by atoms with Gasteiger partial charge in [-0.05, 0) is 43.5 Å². The number of likely N-dealkylation sites (tertiary alicyclic amines) is 1. The zero-order chi connectivity index (χ0) is 24.1. The third-order valence-corrected chi connectivity index (χ3v) is 6.82. The van der Waals surface area contributed by atoms with E-state index in [0.717, 1.165) is 29.1 Å². The van der Waals surface area contributed by atoms with Crippen LogP contribution in [0.5, 0.6) is 11.5 Å². The van der Waals surface area contributed by atoms with Crippen molar-refractivity contribution in [2.75, 3.05) is 37.9 Å². The number of hydrogen-bond acceptors (Lipinski definition) is 7. The minimum atomic E-state index is -0.282. The maximum atomic E-state index is 12.9. The van der Waals surface area contributed by atoms with Crippen LogP contribution in [0.25, 0.3) is 0 Å². The van der Waals surface area contributed by atoms with E-state index in [9.17, 15) is 9.59 Å². The van der Waals surface area contributed by atoms with Gasteiger partial charge in [-0.2, -0.15) is 0 Å². The summed E-state index contributed by atoms with van der Waals surface area (Å²) in [4.78, 5) is 27.3. The summed E-state index contributed by atoms with van der Waals surface area (Å²) in [7, 11) is 3.12. The SMILES string of the molecule is COc1ccc(NC(=O)N2CCC[C@H](c3nnc(C(=O)Nc4ccccc4C)s3)C2)c(OC)c1. The number of benzene rings is 2. The fourth-order valence-corrected chi connectivity index (χ4v) is 4.70. The third-order valence-electron chi connectivity index (χ3n) is 5.74. The van der Waals surface area contributed by atoms with E-state index in [1.165, 1.54) is 11.3 Å². The Kier molecular flexibility index (Phi) is 7.27. The average Bonchev–Trinajstić information content (AvgIpc) is 3.36. The molecule has 1 saturated heterocycles. The van der Waals surface area contributed by atoms with Gasteiger partial charge in [0.1, 0.15) is 16.5 Å². The molecule has 0 spiro atoms. The molecule has 0 aliphatic carbocycles. The van der Waals surface area contributed by atoms with Gasteiger partial charge < -0.3 is 25.0 Å². The van der Waals surface area contributed by atoms with Crippen LogP contribution in [-0.4, -0.2) is 54.3 Å². The Labute approximate surface area is 202 Å². The highest BCUT2D eigenvalue weighted by molar-refractivity contribution is 7.13. The van der Waals surface area contributed by atoms with Gasteiger partial charge in [0, 0.05) is 30.8 Å². The second-order valence-electron chi connectivity index (χ2n) is 8.00. The number of methoxy groups -OCH3 is 2. The largest absolute Gasteiger partial charge is 0.497 e. The Balaban J connectivity index is 1.40. The fourth-order valence-electron chi connectivity index (χ4n) is 3.84. The Hall–Kier alpha value is -3.66. The molecule has 0 bridgehead atoms. The zero-order valence-electron chi connectivity index (χ0n) is 19.3. The Morgan fingerprint density at radius 2 is 1.88 bits per heavy atom. The number of aromatic nitrogens is 2. The first-order valence-corrected chi connectivity index (χ1v) is 11.8. The van der Waals surface area contributed by atoms with Crippen LogP contribution in [0, 0.1) is 6.92 Å². The highest BCUT2D eigenvalue weighted by Gasteiger charge is 2.28. The molecule has 1 fully saturated rings. The number of nitrogens with one attached hydrogen (secondary N) is 2. The molecular formula is C24H27N5O4S. The lowest BCUT2D eigenvalue weighted by Gasteiger charge is -2.31. The normalized spacial score (nSPS) is 15.5. The monoisotopic (exact) mass is 481 g/mol. The first-order chi connectivity index (χ1) is 16.5. The van der Waals surface area contributed by atoms with Crippen molar-refractivity contribution in [1.29, 1.82) is 0 Å². The van der Waals surface area contributed by atoms with E-state index in [2.05, 4.69) is 20.8 Å². The molecule has 2 heterocycles. The third kappa shape index (κ3) is 5.28. The van der Waals surface area contributed by atoms with Crippen LogP contribution in [0.4, 0.5) is 16.2 Å². The van der Waals surface area contributed by atoms with Crippen LogP contribution < -0.4 is 20.1 Å². The number of carbonyl (C=O) groups is 2. The highest BCUT2D eigenvalue weighted by atomic mass is 32.1. The van der Waals surface area contributed by atoms with Crippen molar-refractivity contribution in [2.45, 2.75) is 25.7 Å². The van der Waals surface area contributed by atoms with E-state index in [4.69, 9.17) is 9.47 Å². The molecule has 0 saturated carbocycles. The minimum absolute atomic E-state index is 0.0229. The van der Waals surface area contributed by atoms with Gasteiger partial charge in [0.05, 0.1) is 19.9 Å². The van der Waals surface area contributed by atoms with Crippen LogP contribution >= 0.6 is 11.3 Å². The number of amides is 3. The molecule has 2 aromatic carbocycles. The van der Waals surface area contributed by atoms with E-state index < -0.39 is 0 Å². The predicted octanol–water partition coefficient (Wildman–Crippen LogP) is 4.53. The number of para-hydroxylation sites is 1. The van der Waals surface area contributed by atoms with Crippen LogP contribution in [0.1, 0.15) is 39.1 Å². The molecule has 1 aromatic heterocycles. The topological polar surface area (TPSA) is 106 Å². The van der Waals surface area contributed by atoms with Crippen LogP contribution in [0.2, 0.25) is 0 Å². The zero-order valence-corrected chi connectivity index (χ0v) is 20.1. The Morgan fingerprint density at radius 1 is 1.06 bits per heavy atom. The molecule has 9 nitrogen and oxygen atoms in total. The summed E-state index contributed by atoms with van der Waals surface area (Å²) in [5, 5.41) is 15.2. The van der Waals surface area contributed by atoms with Gasteiger partial charge in [-0.15, -0.1) is 10.2 Å². The lowest BCUT2D eigenvalue weighted by molar-refractivity contribution is 0.102. The number of carbonyl (C=O) groups excluding carboxylic acids is 2. The molecule has 1 atom stereocenters. The van der Waals surface area contributed by atoms with Crippen molar-refractivity contribution in [3.63, 3.8) is 0 Å².